The number of hydrogen-bond acceptors (Lipinski definition) is 5. The van der Waals surface area contributed by atoms with E-state index in [-0.39, 0.29) is 31.4 Å². The van der Waals surface area contributed by atoms with E-state index in [9.17, 15) is 19.5 Å². The molecule has 3 N–H and O–H groups in total. The van der Waals surface area contributed by atoms with Gasteiger partial charge in [-0.2, -0.15) is 0 Å². The van der Waals surface area contributed by atoms with Gasteiger partial charge in [-0.1, -0.05) is 62.4 Å². The van der Waals surface area contributed by atoms with Gasteiger partial charge >= 0.3 is 12.1 Å². The van der Waals surface area contributed by atoms with Gasteiger partial charge in [0.05, 0.1) is 6.04 Å². The lowest BCUT2D eigenvalue weighted by Gasteiger charge is -2.26. The third kappa shape index (κ3) is 5.22. The van der Waals surface area contributed by atoms with Crippen LogP contribution in [-0.2, 0) is 19.1 Å². The summed E-state index contributed by atoms with van der Waals surface area (Å²) >= 11 is 0. The van der Waals surface area contributed by atoms with Gasteiger partial charge < -0.3 is 25.2 Å². The van der Waals surface area contributed by atoms with Crippen LogP contribution >= 0.6 is 0 Å². The molecule has 180 valence electrons. The quantitative estimate of drug-likeness (QED) is 0.550. The molecule has 2 aliphatic rings. The van der Waals surface area contributed by atoms with Crippen molar-refractivity contribution >= 4 is 18.0 Å². The van der Waals surface area contributed by atoms with E-state index >= 15 is 0 Å². The van der Waals surface area contributed by atoms with Crippen molar-refractivity contribution in [3.63, 3.8) is 0 Å². The first-order valence-electron chi connectivity index (χ1n) is 11.5. The van der Waals surface area contributed by atoms with E-state index in [1.807, 2.05) is 38.1 Å². The van der Waals surface area contributed by atoms with Crippen LogP contribution in [-0.4, -0.2) is 55.0 Å². The van der Waals surface area contributed by atoms with E-state index in [1.165, 1.54) is 0 Å². The largest absolute Gasteiger partial charge is 0.479 e. The lowest BCUT2D eigenvalue weighted by Crippen LogP contribution is -2.46. The predicted molar refractivity (Wildman–Crippen MR) is 125 cm³/mol. The third-order valence-corrected chi connectivity index (χ3v) is 6.38. The molecular weight excluding hydrogens is 436 g/mol. The average Bonchev–Trinajstić information content (AvgIpc) is 3.38. The summed E-state index contributed by atoms with van der Waals surface area (Å²) in [6.45, 7) is 4.47. The molecular formula is C26H30N2O6. The van der Waals surface area contributed by atoms with Gasteiger partial charge in [0.2, 0.25) is 5.91 Å². The molecule has 2 amide bonds. The van der Waals surface area contributed by atoms with Crippen molar-refractivity contribution in [1.29, 1.82) is 0 Å². The minimum Gasteiger partial charge on any atom is -0.479 e. The highest BCUT2D eigenvalue weighted by Gasteiger charge is 2.36. The number of carboxylic acids is 1. The van der Waals surface area contributed by atoms with E-state index in [0.29, 0.717) is 13.0 Å². The Morgan fingerprint density at radius 2 is 1.68 bits per heavy atom. The van der Waals surface area contributed by atoms with Gasteiger partial charge in [-0.05, 0) is 34.1 Å². The van der Waals surface area contributed by atoms with Crippen molar-refractivity contribution in [2.75, 3.05) is 19.8 Å². The van der Waals surface area contributed by atoms with Crippen LogP contribution in [0.2, 0.25) is 0 Å². The van der Waals surface area contributed by atoms with E-state index in [4.69, 9.17) is 9.47 Å². The van der Waals surface area contributed by atoms with Crippen LogP contribution in [0.3, 0.4) is 0 Å². The highest BCUT2D eigenvalue weighted by molar-refractivity contribution is 5.80. The van der Waals surface area contributed by atoms with Gasteiger partial charge in [0.1, 0.15) is 6.61 Å². The Morgan fingerprint density at radius 3 is 2.29 bits per heavy atom. The van der Waals surface area contributed by atoms with Crippen LogP contribution < -0.4 is 10.6 Å². The van der Waals surface area contributed by atoms with Crippen molar-refractivity contribution in [3.05, 3.63) is 59.7 Å². The number of aliphatic carboxylic acids is 1. The molecule has 0 bridgehead atoms. The maximum atomic E-state index is 12.5. The number of carboxylic acid groups (broad SMARTS) is 1. The third-order valence-electron chi connectivity index (χ3n) is 6.38. The first-order valence-corrected chi connectivity index (χ1v) is 11.5. The number of carbonyl (C=O) groups is 3. The van der Waals surface area contributed by atoms with Crippen molar-refractivity contribution in [2.45, 2.75) is 44.8 Å². The standard InChI is InChI=1S/C26H30N2O6/c1-26(2,13-22(29)28-21-11-12-33-23(21)24(30)31)15-27-25(32)34-14-20-18-9-5-3-7-16(18)17-8-4-6-10-19(17)20/h3-10,20-21,23H,11-15H2,1-2H3,(H,27,32)(H,28,29)(H,30,31). The molecule has 1 aliphatic heterocycles. The van der Waals surface area contributed by atoms with Crippen LogP contribution in [0.15, 0.2) is 48.5 Å². The Kier molecular flexibility index (Phi) is 6.88. The van der Waals surface area contributed by atoms with E-state index in [2.05, 4.69) is 34.9 Å². The zero-order valence-electron chi connectivity index (χ0n) is 19.4. The van der Waals surface area contributed by atoms with Crippen LogP contribution in [0.1, 0.15) is 43.7 Å². The second-order valence-corrected chi connectivity index (χ2v) is 9.61. The molecule has 2 atom stereocenters. The number of rotatable bonds is 8. The van der Waals surface area contributed by atoms with Gasteiger partial charge in [-0.3, -0.25) is 4.79 Å². The minimum atomic E-state index is -1.08. The Morgan fingerprint density at radius 1 is 1.06 bits per heavy atom. The fraction of sp³-hybridized carbons (Fsp3) is 0.423. The number of fused-ring (bicyclic) bond motifs is 3. The molecule has 8 heteroatoms. The summed E-state index contributed by atoms with van der Waals surface area (Å²) in [5, 5.41) is 14.7. The number of hydrogen-bond donors (Lipinski definition) is 3. The van der Waals surface area contributed by atoms with Crippen LogP contribution in [0.4, 0.5) is 4.79 Å². The smallest absolute Gasteiger partial charge is 0.407 e. The number of nitrogens with one attached hydrogen (secondary N) is 2. The summed E-state index contributed by atoms with van der Waals surface area (Å²) in [5.74, 6) is -1.38. The van der Waals surface area contributed by atoms with Gasteiger partial charge in [-0.25, -0.2) is 9.59 Å². The van der Waals surface area contributed by atoms with Crippen LogP contribution in [0, 0.1) is 5.41 Å². The average molecular weight is 467 g/mol. The second-order valence-electron chi connectivity index (χ2n) is 9.61. The van der Waals surface area contributed by atoms with Crippen molar-refractivity contribution in [1.82, 2.24) is 10.6 Å². The number of alkyl carbamates (subject to hydrolysis) is 1. The zero-order chi connectivity index (χ0) is 24.3. The second kappa shape index (κ2) is 9.85. The number of carbonyl (C=O) groups excluding carboxylic acids is 2. The molecule has 1 fully saturated rings. The number of benzene rings is 2. The zero-order valence-corrected chi connectivity index (χ0v) is 19.4. The van der Waals surface area contributed by atoms with Crippen molar-refractivity contribution in [3.8, 4) is 11.1 Å². The highest BCUT2D eigenvalue weighted by atomic mass is 16.5. The lowest BCUT2D eigenvalue weighted by atomic mass is 9.88. The molecule has 0 saturated carbocycles. The first kappa shape index (κ1) is 23.8. The van der Waals surface area contributed by atoms with E-state index < -0.39 is 29.6 Å². The molecule has 4 rings (SSSR count). The topological polar surface area (TPSA) is 114 Å². The number of ether oxygens (including phenoxy) is 2. The van der Waals surface area contributed by atoms with E-state index in [0.717, 1.165) is 22.3 Å². The molecule has 8 nitrogen and oxygen atoms in total. The summed E-state index contributed by atoms with van der Waals surface area (Å²) in [6.07, 6.45) is -0.975. The van der Waals surface area contributed by atoms with Crippen molar-refractivity contribution in [2.24, 2.45) is 5.41 Å². The summed E-state index contributed by atoms with van der Waals surface area (Å²) in [7, 11) is 0. The molecule has 0 aromatic heterocycles. The molecule has 2 aromatic carbocycles. The predicted octanol–water partition coefficient (Wildman–Crippen LogP) is 3.30. The van der Waals surface area contributed by atoms with Gasteiger partial charge in [0.15, 0.2) is 6.10 Å². The van der Waals surface area contributed by atoms with Gasteiger partial charge in [0.25, 0.3) is 0 Å². The Labute approximate surface area is 198 Å². The maximum absolute atomic E-state index is 12.5. The normalized spacial score (nSPS) is 19.2. The fourth-order valence-electron chi connectivity index (χ4n) is 4.70. The molecule has 1 heterocycles. The molecule has 2 aromatic rings. The van der Waals surface area contributed by atoms with Crippen molar-refractivity contribution < 1.29 is 29.0 Å². The van der Waals surface area contributed by atoms with Crippen LogP contribution in [0.25, 0.3) is 11.1 Å². The summed E-state index contributed by atoms with van der Waals surface area (Å²) in [4.78, 5) is 36.1. The molecule has 0 radical (unpaired) electrons. The minimum absolute atomic E-state index is 0.0206. The molecule has 1 saturated heterocycles. The van der Waals surface area contributed by atoms with Crippen LogP contribution in [0.5, 0.6) is 0 Å². The fourth-order valence-corrected chi connectivity index (χ4v) is 4.70. The van der Waals surface area contributed by atoms with Gasteiger partial charge in [-0.15, -0.1) is 0 Å². The van der Waals surface area contributed by atoms with E-state index in [1.54, 1.807) is 0 Å². The Bertz CT molecular complexity index is 1040. The molecule has 34 heavy (non-hydrogen) atoms. The lowest BCUT2D eigenvalue weighted by molar-refractivity contribution is -0.148. The van der Waals surface area contributed by atoms with Gasteiger partial charge in [0, 0.05) is 25.5 Å². The highest BCUT2D eigenvalue weighted by Crippen LogP contribution is 2.44. The molecule has 0 spiro atoms. The summed E-state index contributed by atoms with van der Waals surface area (Å²) < 4.78 is 10.7. The summed E-state index contributed by atoms with van der Waals surface area (Å²) in [5.41, 5.74) is 4.07. The number of amides is 2. The Hall–Kier alpha value is -3.39. The maximum Gasteiger partial charge on any atom is 0.407 e. The Balaban J connectivity index is 1.27. The molecule has 2 unspecified atom stereocenters. The molecule has 1 aliphatic carbocycles. The SMILES string of the molecule is CC(C)(CNC(=O)OCC1c2ccccc2-c2ccccc21)CC(=O)NC1CCOC1C(=O)O. The summed E-state index contributed by atoms with van der Waals surface area (Å²) in [6, 6.07) is 15.7. The monoisotopic (exact) mass is 466 g/mol. The first-order chi connectivity index (χ1) is 16.2.